The number of aliphatic carboxylic acids is 1. The molecule has 92 valence electrons. The molecule has 1 heterocycles. The minimum absolute atomic E-state index is 0.0254. The van der Waals surface area contributed by atoms with Gasteiger partial charge in [0.2, 0.25) is 0 Å². The lowest BCUT2D eigenvalue weighted by Gasteiger charge is -2.24. The van der Waals surface area contributed by atoms with Gasteiger partial charge in [-0.3, -0.25) is 9.69 Å². The normalized spacial score (nSPS) is 18.1. The number of benzene rings is 1. The Bertz CT molecular complexity index is 360. The molecule has 0 aliphatic carbocycles. The molecule has 1 unspecified atom stereocenters. The largest absolute Gasteiger partial charge is 0.481 e. The Morgan fingerprint density at radius 3 is 2.76 bits per heavy atom. The first kappa shape index (κ1) is 12.1. The van der Waals surface area contributed by atoms with Crippen molar-refractivity contribution < 1.29 is 14.6 Å². The van der Waals surface area contributed by atoms with Gasteiger partial charge in [0.1, 0.15) is 0 Å². The molecule has 1 atom stereocenters. The van der Waals surface area contributed by atoms with Crippen molar-refractivity contribution >= 4 is 5.97 Å². The molecule has 0 amide bonds. The van der Waals surface area contributed by atoms with Crippen LogP contribution in [0.25, 0.3) is 0 Å². The molecule has 4 heteroatoms. The Balaban J connectivity index is 2.02. The lowest BCUT2D eigenvalue weighted by molar-refractivity contribution is -0.138. The molecule has 0 radical (unpaired) electrons. The first-order valence-corrected chi connectivity index (χ1v) is 5.83. The maximum absolute atomic E-state index is 10.9. The third-order valence-corrected chi connectivity index (χ3v) is 3.02. The van der Waals surface area contributed by atoms with Crippen molar-refractivity contribution in [2.75, 3.05) is 19.9 Å². The van der Waals surface area contributed by atoms with Gasteiger partial charge in [-0.1, -0.05) is 30.3 Å². The SMILES string of the molecule is O=C(O)CC(Cc1ccccc1)N1CCOC1. The van der Waals surface area contributed by atoms with Gasteiger partial charge >= 0.3 is 5.97 Å². The van der Waals surface area contributed by atoms with Crippen LogP contribution >= 0.6 is 0 Å². The highest BCUT2D eigenvalue weighted by atomic mass is 16.5. The summed E-state index contributed by atoms with van der Waals surface area (Å²) >= 11 is 0. The zero-order chi connectivity index (χ0) is 12.1. The average molecular weight is 235 g/mol. The number of nitrogens with zero attached hydrogens (tertiary/aromatic N) is 1. The van der Waals surface area contributed by atoms with E-state index in [9.17, 15) is 4.79 Å². The second-order valence-electron chi connectivity index (χ2n) is 4.29. The molecule has 17 heavy (non-hydrogen) atoms. The predicted octanol–water partition coefficient (Wildman–Crippen LogP) is 1.36. The molecule has 1 N–H and O–H groups in total. The maximum Gasteiger partial charge on any atom is 0.304 e. The van der Waals surface area contributed by atoms with Gasteiger partial charge in [-0.25, -0.2) is 0 Å². The number of hydrogen-bond acceptors (Lipinski definition) is 3. The highest BCUT2D eigenvalue weighted by Gasteiger charge is 2.24. The molecule has 2 rings (SSSR count). The Morgan fingerprint density at radius 2 is 2.18 bits per heavy atom. The van der Waals surface area contributed by atoms with Crippen molar-refractivity contribution in [3.63, 3.8) is 0 Å². The number of carbonyl (C=O) groups is 1. The topological polar surface area (TPSA) is 49.8 Å². The van der Waals surface area contributed by atoms with Crippen molar-refractivity contribution in [2.24, 2.45) is 0 Å². The summed E-state index contributed by atoms with van der Waals surface area (Å²) in [6, 6.07) is 10.0. The van der Waals surface area contributed by atoms with Gasteiger partial charge in [0.05, 0.1) is 19.8 Å². The van der Waals surface area contributed by atoms with Crippen LogP contribution < -0.4 is 0 Å². The van der Waals surface area contributed by atoms with E-state index < -0.39 is 5.97 Å². The zero-order valence-electron chi connectivity index (χ0n) is 9.71. The van der Waals surface area contributed by atoms with Crippen LogP contribution in [0.3, 0.4) is 0 Å². The van der Waals surface area contributed by atoms with Gasteiger partial charge < -0.3 is 9.84 Å². The van der Waals surface area contributed by atoms with Gasteiger partial charge in [0.25, 0.3) is 0 Å². The van der Waals surface area contributed by atoms with Crippen LogP contribution in [0.2, 0.25) is 0 Å². The molecule has 1 aromatic carbocycles. The van der Waals surface area contributed by atoms with Crippen LogP contribution in [0.1, 0.15) is 12.0 Å². The first-order valence-electron chi connectivity index (χ1n) is 5.83. The van der Waals surface area contributed by atoms with E-state index in [1.807, 2.05) is 30.3 Å². The van der Waals surface area contributed by atoms with Crippen molar-refractivity contribution in [3.05, 3.63) is 35.9 Å². The first-order chi connectivity index (χ1) is 8.25. The Morgan fingerprint density at radius 1 is 1.41 bits per heavy atom. The van der Waals surface area contributed by atoms with Crippen molar-refractivity contribution in [3.8, 4) is 0 Å². The smallest absolute Gasteiger partial charge is 0.304 e. The van der Waals surface area contributed by atoms with Gasteiger partial charge in [0.15, 0.2) is 0 Å². The van der Waals surface area contributed by atoms with E-state index in [4.69, 9.17) is 9.84 Å². The molecule has 0 saturated carbocycles. The van der Waals surface area contributed by atoms with Crippen LogP contribution in [0, 0.1) is 0 Å². The standard InChI is InChI=1S/C13H17NO3/c15-13(16)9-12(14-6-7-17-10-14)8-11-4-2-1-3-5-11/h1-5,12H,6-10H2,(H,15,16). The second-order valence-corrected chi connectivity index (χ2v) is 4.29. The molecule has 1 aromatic rings. The third kappa shape index (κ3) is 3.54. The number of rotatable bonds is 5. The fraction of sp³-hybridized carbons (Fsp3) is 0.462. The molecular weight excluding hydrogens is 218 g/mol. The molecule has 0 bridgehead atoms. The summed E-state index contributed by atoms with van der Waals surface area (Å²) in [5.74, 6) is -0.752. The Labute approximate surface area is 101 Å². The molecule has 0 spiro atoms. The predicted molar refractivity (Wildman–Crippen MR) is 63.7 cm³/mol. The van der Waals surface area contributed by atoms with E-state index in [2.05, 4.69) is 4.90 Å². The van der Waals surface area contributed by atoms with E-state index in [0.717, 1.165) is 13.0 Å². The monoisotopic (exact) mass is 235 g/mol. The summed E-state index contributed by atoms with van der Waals surface area (Å²) in [6.45, 7) is 2.07. The van der Waals surface area contributed by atoms with Gasteiger partial charge in [-0.2, -0.15) is 0 Å². The van der Waals surface area contributed by atoms with Crippen molar-refractivity contribution in [2.45, 2.75) is 18.9 Å². The van der Waals surface area contributed by atoms with Gasteiger partial charge in [0, 0.05) is 12.6 Å². The summed E-state index contributed by atoms with van der Waals surface area (Å²) in [5, 5.41) is 8.95. The zero-order valence-corrected chi connectivity index (χ0v) is 9.71. The van der Waals surface area contributed by atoms with E-state index in [1.165, 1.54) is 5.56 Å². The molecule has 0 aromatic heterocycles. The fourth-order valence-corrected chi connectivity index (χ4v) is 2.13. The van der Waals surface area contributed by atoms with Crippen LogP contribution in [-0.2, 0) is 16.0 Å². The lowest BCUT2D eigenvalue weighted by atomic mass is 10.0. The molecule has 1 fully saturated rings. The minimum atomic E-state index is -0.752. The summed E-state index contributed by atoms with van der Waals surface area (Å²) in [5.41, 5.74) is 1.17. The molecule has 1 aliphatic rings. The van der Waals surface area contributed by atoms with Crippen LogP contribution in [0.4, 0.5) is 0 Å². The van der Waals surface area contributed by atoms with E-state index >= 15 is 0 Å². The number of ether oxygens (including phenoxy) is 1. The average Bonchev–Trinajstić information content (AvgIpc) is 2.82. The summed E-state index contributed by atoms with van der Waals surface area (Å²) in [6.07, 6.45) is 0.925. The number of carboxylic acid groups (broad SMARTS) is 1. The van der Waals surface area contributed by atoms with Crippen LogP contribution in [-0.4, -0.2) is 41.9 Å². The van der Waals surface area contributed by atoms with Crippen LogP contribution in [0.15, 0.2) is 30.3 Å². The summed E-state index contributed by atoms with van der Waals surface area (Å²) in [4.78, 5) is 13.0. The second kappa shape index (κ2) is 5.80. The maximum atomic E-state index is 10.9. The third-order valence-electron chi connectivity index (χ3n) is 3.02. The van der Waals surface area contributed by atoms with Crippen molar-refractivity contribution in [1.29, 1.82) is 0 Å². The number of carboxylic acids is 1. The fourth-order valence-electron chi connectivity index (χ4n) is 2.13. The lowest BCUT2D eigenvalue weighted by Crippen LogP contribution is -2.36. The Hall–Kier alpha value is -1.39. The quantitative estimate of drug-likeness (QED) is 0.837. The van der Waals surface area contributed by atoms with E-state index in [-0.39, 0.29) is 12.5 Å². The highest BCUT2D eigenvalue weighted by Crippen LogP contribution is 2.15. The minimum Gasteiger partial charge on any atom is -0.481 e. The summed E-state index contributed by atoms with van der Waals surface area (Å²) < 4.78 is 5.29. The van der Waals surface area contributed by atoms with E-state index in [0.29, 0.717) is 13.3 Å². The van der Waals surface area contributed by atoms with Gasteiger partial charge in [-0.05, 0) is 12.0 Å². The van der Waals surface area contributed by atoms with Crippen LogP contribution in [0.5, 0.6) is 0 Å². The molecule has 1 aliphatic heterocycles. The molecule has 4 nitrogen and oxygen atoms in total. The molecular formula is C13H17NO3. The highest BCUT2D eigenvalue weighted by molar-refractivity contribution is 5.67. The molecule has 1 saturated heterocycles. The van der Waals surface area contributed by atoms with E-state index in [1.54, 1.807) is 0 Å². The Kier molecular flexibility index (Phi) is 4.12. The van der Waals surface area contributed by atoms with Gasteiger partial charge in [-0.15, -0.1) is 0 Å². The summed E-state index contributed by atoms with van der Waals surface area (Å²) in [7, 11) is 0. The van der Waals surface area contributed by atoms with Crippen molar-refractivity contribution in [1.82, 2.24) is 4.90 Å². The number of hydrogen-bond donors (Lipinski definition) is 1.